The highest BCUT2D eigenvalue weighted by molar-refractivity contribution is 6.17. The fourth-order valence-electron chi connectivity index (χ4n) is 12.6. The molecular formula is C72H90O30. The minimum atomic E-state index is -2.01. The lowest BCUT2D eigenvalue weighted by Crippen LogP contribution is -2.27. The van der Waals surface area contributed by atoms with E-state index in [1.54, 1.807) is 0 Å². The first-order chi connectivity index (χ1) is 48.8. The first kappa shape index (κ1) is 85.2. The Bertz CT molecular complexity index is 3690. The van der Waals surface area contributed by atoms with Gasteiger partial charge in [-0.25, -0.2) is 57.5 Å². The van der Waals surface area contributed by atoms with Crippen LogP contribution in [0, 0.1) is 0 Å². The highest BCUT2D eigenvalue weighted by Gasteiger charge is 2.39. The summed E-state index contributed by atoms with van der Waals surface area (Å²) in [5, 5.41) is 153. The van der Waals surface area contributed by atoms with Gasteiger partial charge in [-0.2, -0.15) is 0 Å². The van der Waals surface area contributed by atoms with E-state index >= 15 is 14.4 Å². The van der Waals surface area contributed by atoms with Crippen LogP contribution in [0.1, 0.15) is 290 Å². The summed E-state index contributed by atoms with van der Waals surface area (Å²) in [6.45, 7) is -3.83. The molecule has 0 saturated heterocycles. The Morgan fingerprint density at radius 3 is 0.627 bits per heavy atom. The third kappa shape index (κ3) is 22.4. The number of aliphatic hydroxyl groups is 9. The van der Waals surface area contributed by atoms with E-state index in [-0.39, 0.29) is 201 Å². The van der Waals surface area contributed by atoms with Crippen LogP contribution in [0.5, 0.6) is 0 Å². The van der Waals surface area contributed by atoms with E-state index in [0.29, 0.717) is 18.2 Å². The van der Waals surface area contributed by atoms with Gasteiger partial charge in [0, 0.05) is 59.5 Å². The number of ether oxygens (including phenoxy) is 3. The summed E-state index contributed by atoms with van der Waals surface area (Å²) < 4.78 is 16.2. The average molecular weight is 1440 g/mol. The van der Waals surface area contributed by atoms with Crippen LogP contribution >= 0.6 is 0 Å². The highest BCUT2D eigenvalue weighted by Crippen LogP contribution is 2.38. The first-order valence-corrected chi connectivity index (χ1v) is 33.8. The molecule has 0 bridgehead atoms. The number of hydrogen-bond donors (Lipinski definition) is 15. The molecule has 0 amide bonds. The fraction of sp³-hybridized carbons (Fsp3) is 0.500. The van der Waals surface area contributed by atoms with Gasteiger partial charge in [-0.3, -0.25) is 0 Å². The van der Waals surface area contributed by atoms with E-state index < -0.39 is 221 Å². The van der Waals surface area contributed by atoms with Gasteiger partial charge < -0.3 is 90.8 Å². The number of carboxylic acids is 6. The number of rotatable bonds is 48. The fourth-order valence-corrected chi connectivity index (χ4v) is 12.6. The number of carboxylic acid groups (broad SMARTS) is 6. The maximum absolute atomic E-state index is 15.2. The second kappa shape index (κ2) is 43.5. The van der Waals surface area contributed by atoms with E-state index in [9.17, 15) is 120 Å². The zero-order chi connectivity index (χ0) is 75.8. The summed E-state index contributed by atoms with van der Waals surface area (Å²) in [6.07, 6.45) is -2.89. The molecule has 0 aliphatic heterocycles. The minimum absolute atomic E-state index is 0.00254. The van der Waals surface area contributed by atoms with Crippen molar-refractivity contribution in [3.8, 4) is 0 Å². The van der Waals surface area contributed by atoms with Crippen LogP contribution < -0.4 is 0 Å². The SMILES string of the molecule is O=C(OC(=O)c1c(CCCCO)c(CCCCO)c(C(=O)O)c(CCCCO)c1C(=O)O)c1ccc(C(=O)OC(=O)c2c(CCCCO)c(CCCCO)c(C(=O)O)c(CCCCO)c2C(=O)O)c(C(=O)OC(=O)c2c(CCCCO)c(CCCCO)c(C(=O)O)c(CCCCO)c2C(=O)O)c1. The Morgan fingerprint density at radius 2 is 0.412 bits per heavy atom. The third-order valence-corrected chi connectivity index (χ3v) is 17.1. The van der Waals surface area contributed by atoms with Crippen LogP contribution in [-0.4, -0.2) is 208 Å². The number of benzene rings is 4. The molecule has 102 heavy (non-hydrogen) atoms. The number of aliphatic hydroxyl groups excluding tert-OH is 9. The van der Waals surface area contributed by atoms with Crippen LogP contribution in [0.25, 0.3) is 0 Å². The molecule has 30 nitrogen and oxygen atoms in total. The topological polar surface area (TPSA) is 536 Å². The van der Waals surface area contributed by atoms with E-state index in [1.807, 2.05) is 0 Å². The molecule has 0 heterocycles. The Hall–Kier alpha value is -9.24. The van der Waals surface area contributed by atoms with Crippen molar-refractivity contribution in [1.29, 1.82) is 0 Å². The van der Waals surface area contributed by atoms with E-state index in [4.69, 9.17) is 14.2 Å². The molecule has 0 radical (unpaired) electrons. The van der Waals surface area contributed by atoms with Crippen molar-refractivity contribution in [2.45, 2.75) is 173 Å². The van der Waals surface area contributed by atoms with Crippen molar-refractivity contribution < 1.29 is 148 Å². The van der Waals surface area contributed by atoms with E-state index in [1.165, 1.54) is 0 Å². The molecule has 0 unspecified atom stereocenters. The Balaban J connectivity index is 2.22. The summed E-state index contributed by atoms with van der Waals surface area (Å²) in [6, 6.07) is 1.70. The number of carbonyl (C=O) groups excluding carboxylic acids is 6. The van der Waals surface area contributed by atoms with Crippen molar-refractivity contribution in [2.24, 2.45) is 0 Å². The summed E-state index contributed by atoms with van der Waals surface area (Å²) in [4.78, 5) is 170. The predicted molar refractivity (Wildman–Crippen MR) is 357 cm³/mol. The Kier molecular flexibility index (Phi) is 36.4. The zero-order valence-corrected chi connectivity index (χ0v) is 56.5. The molecule has 0 atom stereocenters. The standard InChI is InChI=1S/C72H90O30/c73-30-10-1-19-41-44(22-4-13-33-76)58(55(64(88)89)48(25-7-16-36-79)52(41)61(82)83)70(97)100-67(94)40-28-29-47(68(95)101-71(98)59-45(23-5-14-34-77)42(20-2-11-31-74)53(62(84)85)49(26-8-17-37-80)56(59)65(90)91)51(39-40)69(96)102-72(99)60-46(24-6-15-35-78)43(21-3-12-32-75)54(63(86)87)50(27-9-18-38-81)57(60)66(92)93/h28-29,39,73-81H,1-27,30-38H2,(H,82,83)(H,84,85)(H,86,87)(H,88,89)(H,90,91)(H,92,93). The number of aromatic carboxylic acids is 6. The number of unbranched alkanes of at least 4 members (excludes halogenated alkanes) is 9. The third-order valence-electron chi connectivity index (χ3n) is 17.1. The normalized spacial score (nSPS) is 11.1. The van der Waals surface area contributed by atoms with Crippen LogP contribution in [0.4, 0.5) is 0 Å². The van der Waals surface area contributed by atoms with Gasteiger partial charge in [0.2, 0.25) is 0 Å². The predicted octanol–water partition coefficient (Wildman–Crippen LogP) is 5.70. The smallest absolute Gasteiger partial charge is 0.347 e. The van der Waals surface area contributed by atoms with Crippen LogP contribution in [0.15, 0.2) is 18.2 Å². The van der Waals surface area contributed by atoms with Gasteiger partial charge in [-0.1, -0.05) is 0 Å². The Labute approximate surface area is 585 Å². The molecule has 15 N–H and O–H groups in total. The van der Waals surface area contributed by atoms with Crippen molar-refractivity contribution >= 4 is 71.6 Å². The van der Waals surface area contributed by atoms with E-state index in [0.717, 1.165) is 0 Å². The quantitative estimate of drug-likeness (QED) is 0.0109. The number of hydrogen-bond acceptors (Lipinski definition) is 24. The monoisotopic (exact) mass is 1430 g/mol. The molecule has 4 aromatic rings. The minimum Gasteiger partial charge on any atom is -0.478 e. The molecule has 4 rings (SSSR count). The molecular weight excluding hydrogens is 1340 g/mol. The van der Waals surface area contributed by atoms with Gasteiger partial charge >= 0.3 is 71.6 Å². The molecule has 4 aromatic carbocycles. The van der Waals surface area contributed by atoms with Crippen LogP contribution in [0.2, 0.25) is 0 Å². The lowest BCUT2D eigenvalue weighted by molar-refractivity contribution is 0.0351. The van der Waals surface area contributed by atoms with Gasteiger partial charge in [-0.05, 0) is 242 Å². The van der Waals surface area contributed by atoms with Gasteiger partial charge in [-0.15, -0.1) is 0 Å². The van der Waals surface area contributed by atoms with E-state index in [2.05, 4.69) is 0 Å². The van der Waals surface area contributed by atoms with Gasteiger partial charge in [0.1, 0.15) is 0 Å². The highest BCUT2D eigenvalue weighted by atomic mass is 16.6. The molecule has 30 heteroatoms. The van der Waals surface area contributed by atoms with Crippen molar-refractivity contribution in [3.63, 3.8) is 0 Å². The second-order valence-electron chi connectivity index (χ2n) is 23.9. The number of esters is 6. The summed E-state index contributed by atoms with van der Waals surface area (Å²) in [5.41, 5.74) is -13.1. The molecule has 0 spiro atoms. The van der Waals surface area contributed by atoms with Gasteiger partial charge in [0.15, 0.2) is 0 Å². The van der Waals surface area contributed by atoms with Crippen molar-refractivity contribution in [1.82, 2.24) is 0 Å². The maximum Gasteiger partial charge on any atom is 0.347 e. The summed E-state index contributed by atoms with van der Waals surface area (Å²) in [7, 11) is 0. The zero-order valence-electron chi connectivity index (χ0n) is 56.5. The van der Waals surface area contributed by atoms with Crippen LogP contribution in [0.3, 0.4) is 0 Å². The summed E-state index contributed by atoms with van der Waals surface area (Å²) in [5.74, 6) is -21.8. The molecule has 0 fully saturated rings. The lowest BCUT2D eigenvalue weighted by atomic mass is 9.81. The first-order valence-electron chi connectivity index (χ1n) is 33.8. The molecule has 0 saturated carbocycles. The molecule has 558 valence electrons. The maximum atomic E-state index is 15.2. The largest absolute Gasteiger partial charge is 0.478 e. The Morgan fingerprint density at radius 1 is 0.216 bits per heavy atom. The molecule has 0 aromatic heterocycles. The molecule has 0 aliphatic carbocycles. The average Bonchev–Trinajstić information content (AvgIpc) is 0.762. The molecule has 0 aliphatic rings. The summed E-state index contributed by atoms with van der Waals surface area (Å²) >= 11 is 0. The van der Waals surface area contributed by atoms with Crippen LogP contribution in [-0.2, 0) is 72.0 Å². The van der Waals surface area contributed by atoms with Gasteiger partial charge in [0.05, 0.1) is 66.8 Å². The number of carbonyl (C=O) groups is 12. The van der Waals surface area contributed by atoms with Gasteiger partial charge in [0.25, 0.3) is 0 Å². The van der Waals surface area contributed by atoms with Crippen molar-refractivity contribution in [3.05, 3.63) is 135 Å². The second-order valence-corrected chi connectivity index (χ2v) is 23.9. The lowest BCUT2D eigenvalue weighted by Gasteiger charge is -2.23. The van der Waals surface area contributed by atoms with Crippen molar-refractivity contribution in [2.75, 3.05) is 59.5 Å².